The summed E-state index contributed by atoms with van der Waals surface area (Å²) in [5, 5.41) is 7.74. The van der Waals surface area contributed by atoms with Gasteiger partial charge in [0.1, 0.15) is 0 Å². The molecule has 0 amide bonds. The van der Waals surface area contributed by atoms with Crippen LogP contribution in [0.2, 0.25) is 0 Å². The van der Waals surface area contributed by atoms with Crippen molar-refractivity contribution in [3.05, 3.63) is 11.7 Å². The Balaban J connectivity index is 1.60. The summed E-state index contributed by atoms with van der Waals surface area (Å²) in [5.74, 6) is 4.69. The van der Waals surface area contributed by atoms with Crippen molar-refractivity contribution in [2.45, 2.75) is 57.0 Å². The Hall–Kier alpha value is -0.550. The lowest BCUT2D eigenvalue weighted by molar-refractivity contribution is 0.323. The van der Waals surface area contributed by atoms with E-state index in [1.807, 2.05) is 11.8 Å². The van der Waals surface area contributed by atoms with Gasteiger partial charge in [0.15, 0.2) is 5.82 Å². The van der Waals surface area contributed by atoms with Crippen molar-refractivity contribution in [2.24, 2.45) is 0 Å². The average molecular weight is 267 g/mol. The first-order valence-electron chi connectivity index (χ1n) is 7.00. The highest BCUT2D eigenvalue weighted by atomic mass is 32.2. The maximum Gasteiger partial charge on any atom is 0.243 e. The van der Waals surface area contributed by atoms with Gasteiger partial charge in [-0.15, -0.1) is 0 Å². The SMILES string of the molecule is CC(NC1CCSC1)c1nc(C2CCCC2)no1. The minimum absolute atomic E-state index is 0.177. The van der Waals surface area contributed by atoms with E-state index in [4.69, 9.17) is 4.52 Å². The second kappa shape index (κ2) is 5.61. The van der Waals surface area contributed by atoms with Crippen LogP contribution in [-0.2, 0) is 0 Å². The van der Waals surface area contributed by atoms with Crippen LogP contribution in [0.4, 0.5) is 0 Å². The first kappa shape index (κ1) is 12.5. The molecule has 2 aliphatic rings. The summed E-state index contributed by atoms with van der Waals surface area (Å²) < 4.78 is 5.42. The standard InChI is InChI=1S/C13H21N3OS/c1-9(14-11-6-7-18-8-11)13-15-12(16-17-13)10-4-2-3-5-10/h9-11,14H,2-8H2,1H3. The zero-order chi connectivity index (χ0) is 12.4. The molecule has 1 aromatic rings. The lowest BCUT2D eigenvalue weighted by Gasteiger charge is -2.14. The number of nitrogens with one attached hydrogen (secondary N) is 1. The molecule has 18 heavy (non-hydrogen) atoms. The third-order valence-electron chi connectivity index (χ3n) is 3.96. The van der Waals surface area contributed by atoms with Crippen molar-refractivity contribution < 1.29 is 4.52 Å². The number of hydrogen-bond donors (Lipinski definition) is 1. The molecule has 2 heterocycles. The van der Waals surface area contributed by atoms with Crippen molar-refractivity contribution >= 4 is 11.8 Å². The van der Waals surface area contributed by atoms with Gasteiger partial charge in [-0.3, -0.25) is 0 Å². The number of hydrogen-bond acceptors (Lipinski definition) is 5. The molecule has 5 heteroatoms. The predicted octanol–water partition coefficient (Wildman–Crippen LogP) is 2.88. The highest BCUT2D eigenvalue weighted by Crippen LogP contribution is 2.32. The van der Waals surface area contributed by atoms with Gasteiger partial charge >= 0.3 is 0 Å². The monoisotopic (exact) mass is 267 g/mol. The Labute approximate surface area is 112 Å². The molecule has 4 nitrogen and oxygen atoms in total. The van der Waals surface area contributed by atoms with E-state index in [2.05, 4.69) is 22.4 Å². The number of aromatic nitrogens is 2. The fourth-order valence-corrected chi connectivity index (χ4v) is 4.03. The molecule has 0 radical (unpaired) electrons. The molecule has 0 spiro atoms. The molecule has 1 saturated carbocycles. The topological polar surface area (TPSA) is 51.0 Å². The summed E-state index contributed by atoms with van der Waals surface area (Å²) in [6, 6.07) is 0.781. The third kappa shape index (κ3) is 2.72. The van der Waals surface area contributed by atoms with E-state index >= 15 is 0 Å². The van der Waals surface area contributed by atoms with E-state index in [-0.39, 0.29) is 6.04 Å². The summed E-state index contributed by atoms with van der Waals surface area (Å²) >= 11 is 2.02. The second-order valence-corrected chi connectivity index (χ2v) is 6.57. The molecular weight excluding hydrogens is 246 g/mol. The fraction of sp³-hybridized carbons (Fsp3) is 0.846. The van der Waals surface area contributed by atoms with Crippen molar-refractivity contribution in [3.63, 3.8) is 0 Å². The van der Waals surface area contributed by atoms with Crippen LogP contribution in [0.25, 0.3) is 0 Å². The smallest absolute Gasteiger partial charge is 0.243 e. The molecule has 2 fully saturated rings. The van der Waals surface area contributed by atoms with Crippen molar-refractivity contribution in [1.29, 1.82) is 0 Å². The second-order valence-electron chi connectivity index (χ2n) is 5.42. The van der Waals surface area contributed by atoms with Gasteiger partial charge in [0.25, 0.3) is 0 Å². The third-order valence-corrected chi connectivity index (χ3v) is 5.13. The summed E-state index contributed by atoms with van der Waals surface area (Å²) in [7, 11) is 0. The van der Waals surface area contributed by atoms with Crippen LogP contribution in [0.3, 0.4) is 0 Å². The van der Waals surface area contributed by atoms with Gasteiger partial charge in [-0.25, -0.2) is 0 Å². The van der Waals surface area contributed by atoms with E-state index < -0.39 is 0 Å². The normalized spacial score (nSPS) is 26.8. The molecule has 1 aromatic heterocycles. The summed E-state index contributed by atoms with van der Waals surface area (Å²) in [6.07, 6.45) is 6.31. The van der Waals surface area contributed by atoms with Crippen LogP contribution in [0.1, 0.15) is 62.7 Å². The molecule has 100 valence electrons. The molecule has 0 aromatic carbocycles. The van der Waals surface area contributed by atoms with Crippen LogP contribution in [0, 0.1) is 0 Å². The average Bonchev–Trinajstić information content (AvgIpc) is 3.11. The Morgan fingerprint density at radius 2 is 2.17 bits per heavy atom. The lowest BCUT2D eigenvalue weighted by Crippen LogP contribution is -2.31. The van der Waals surface area contributed by atoms with Gasteiger partial charge < -0.3 is 9.84 Å². The Bertz CT molecular complexity index is 383. The van der Waals surface area contributed by atoms with Crippen LogP contribution >= 0.6 is 11.8 Å². The van der Waals surface area contributed by atoms with Gasteiger partial charge in [-0.1, -0.05) is 18.0 Å². The molecular formula is C13H21N3OS. The van der Waals surface area contributed by atoms with E-state index in [1.165, 1.54) is 43.6 Å². The van der Waals surface area contributed by atoms with E-state index in [0.29, 0.717) is 12.0 Å². The highest BCUT2D eigenvalue weighted by Gasteiger charge is 2.25. The quantitative estimate of drug-likeness (QED) is 0.909. The van der Waals surface area contributed by atoms with Gasteiger partial charge in [0.05, 0.1) is 6.04 Å². The molecule has 1 aliphatic heterocycles. The van der Waals surface area contributed by atoms with Crippen LogP contribution in [0.15, 0.2) is 4.52 Å². The van der Waals surface area contributed by atoms with Crippen LogP contribution < -0.4 is 5.32 Å². The van der Waals surface area contributed by atoms with E-state index in [0.717, 1.165) is 11.7 Å². The largest absolute Gasteiger partial charge is 0.338 e. The van der Waals surface area contributed by atoms with Crippen LogP contribution in [0.5, 0.6) is 0 Å². The maximum absolute atomic E-state index is 5.42. The Morgan fingerprint density at radius 1 is 1.33 bits per heavy atom. The zero-order valence-corrected chi connectivity index (χ0v) is 11.7. The molecule has 1 N–H and O–H groups in total. The number of thioether (sulfide) groups is 1. The van der Waals surface area contributed by atoms with Crippen LogP contribution in [-0.4, -0.2) is 27.7 Å². The molecule has 0 bridgehead atoms. The lowest BCUT2D eigenvalue weighted by atomic mass is 10.1. The molecule has 3 rings (SSSR count). The predicted molar refractivity (Wildman–Crippen MR) is 72.8 cm³/mol. The van der Waals surface area contributed by atoms with Gasteiger partial charge in [0, 0.05) is 17.7 Å². The minimum atomic E-state index is 0.177. The Kier molecular flexibility index (Phi) is 3.89. The molecule has 1 saturated heterocycles. The zero-order valence-electron chi connectivity index (χ0n) is 10.9. The fourth-order valence-electron chi connectivity index (χ4n) is 2.86. The number of nitrogens with zero attached hydrogens (tertiary/aromatic N) is 2. The summed E-state index contributed by atoms with van der Waals surface area (Å²) in [5.41, 5.74) is 0. The first-order chi connectivity index (χ1) is 8.83. The van der Waals surface area contributed by atoms with Gasteiger partial charge in [-0.2, -0.15) is 16.7 Å². The first-order valence-corrected chi connectivity index (χ1v) is 8.15. The molecule has 2 unspecified atom stereocenters. The number of rotatable bonds is 4. The maximum atomic E-state index is 5.42. The van der Waals surface area contributed by atoms with E-state index in [1.54, 1.807) is 0 Å². The summed E-state index contributed by atoms with van der Waals surface area (Å²) in [6.45, 7) is 2.12. The molecule has 2 atom stereocenters. The highest BCUT2D eigenvalue weighted by molar-refractivity contribution is 7.99. The summed E-state index contributed by atoms with van der Waals surface area (Å²) in [4.78, 5) is 4.59. The molecule has 1 aliphatic carbocycles. The Morgan fingerprint density at radius 3 is 2.89 bits per heavy atom. The minimum Gasteiger partial charge on any atom is -0.338 e. The van der Waals surface area contributed by atoms with Gasteiger partial charge in [0.2, 0.25) is 5.89 Å². The van der Waals surface area contributed by atoms with Crippen molar-refractivity contribution in [3.8, 4) is 0 Å². The van der Waals surface area contributed by atoms with Crippen molar-refractivity contribution in [2.75, 3.05) is 11.5 Å². The van der Waals surface area contributed by atoms with Gasteiger partial charge in [-0.05, 0) is 31.9 Å². The van der Waals surface area contributed by atoms with E-state index in [9.17, 15) is 0 Å². The van der Waals surface area contributed by atoms with Crippen molar-refractivity contribution in [1.82, 2.24) is 15.5 Å².